The maximum atomic E-state index is 10.6. The van der Waals surface area contributed by atoms with Crippen LogP contribution in [0.1, 0.15) is 11.1 Å². The van der Waals surface area contributed by atoms with Gasteiger partial charge in [-0.3, -0.25) is 10.1 Å². The first-order valence-electron chi connectivity index (χ1n) is 4.14. The first-order valence-corrected chi connectivity index (χ1v) is 4.14. The number of carboxylic acid groups (broad SMARTS) is 1. The second-order valence-electron chi connectivity index (χ2n) is 2.82. The fourth-order valence-corrected chi connectivity index (χ4v) is 1.07. The Morgan fingerprint density at radius 2 is 2.25 bits per heavy atom. The number of nitriles is 1. The fourth-order valence-electron chi connectivity index (χ4n) is 1.07. The summed E-state index contributed by atoms with van der Waals surface area (Å²) in [6.07, 6.45) is 2.08. The van der Waals surface area contributed by atoms with Crippen molar-refractivity contribution in [1.82, 2.24) is 0 Å². The van der Waals surface area contributed by atoms with E-state index in [2.05, 4.69) is 0 Å². The molecule has 16 heavy (non-hydrogen) atoms. The van der Waals surface area contributed by atoms with Gasteiger partial charge >= 0.3 is 5.97 Å². The number of hydrogen-bond donors (Lipinski definition) is 1. The van der Waals surface area contributed by atoms with Gasteiger partial charge in [0, 0.05) is 12.1 Å². The second kappa shape index (κ2) is 4.70. The van der Waals surface area contributed by atoms with Crippen molar-refractivity contribution in [2.24, 2.45) is 0 Å². The zero-order chi connectivity index (χ0) is 12.1. The average molecular weight is 218 g/mol. The van der Waals surface area contributed by atoms with E-state index in [0.717, 1.165) is 12.1 Å². The van der Waals surface area contributed by atoms with Crippen molar-refractivity contribution in [3.05, 3.63) is 45.5 Å². The molecule has 1 aromatic rings. The van der Waals surface area contributed by atoms with Crippen molar-refractivity contribution < 1.29 is 14.8 Å². The van der Waals surface area contributed by atoms with Gasteiger partial charge in [-0.2, -0.15) is 5.26 Å². The smallest absolute Gasteiger partial charge is 0.328 e. The fraction of sp³-hybridized carbons (Fsp3) is 0. The molecule has 0 unspecified atom stereocenters. The van der Waals surface area contributed by atoms with Gasteiger partial charge in [-0.05, 0) is 17.7 Å². The molecule has 1 aromatic carbocycles. The number of carbonyl (C=O) groups is 1. The highest BCUT2D eigenvalue weighted by atomic mass is 16.6. The highest BCUT2D eigenvalue weighted by Crippen LogP contribution is 2.20. The van der Waals surface area contributed by atoms with E-state index < -0.39 is 10.9 Å². The van der Waals surface area contributed by atoms with Gasteiger partial charge in [0.05, 0.1) is 4.92 Å². The minimum atomic E-state index is -1.15. The Labute approximate surface area is 90.2 Å². The highest BCUT2D eigenvalue weighted by molar-refractivity contribution is 5.85. The number of carboxylic acids is 1. The minimum absolute atomic E-state index is 0.0579. The summed E-state index contributed by atoms with van der Waals surface area (Å²) in [6.45, 7) is 0. The standard InChI is InChI=1S/C10H6N2O4/c11-6-8-3-1-7(2-4-10(13)14)5-9(8)12(15)16/h1-5H,(H,13,14)/b4-2+. The molecule has 0 amide bonds. The van der Waals surface area contributed by atoms with Crippen LogP contribution in [0.4, 0.5) is 5.69 Å². The molecule has 0 bridgehead atoms. The number of benzene rings is 1. The van der Waals surface area contributed by atoms with Gasteiger partial charge < -0.3 is 5.11 Å². The van der Waals surface area contributed by atoms with Crippen molar-refractivity contribution in [3.63, 3.8) is 0 Å². The third-order valence-corrected chi connectivity index (χ3v) is 1.76. The van der Waals surface area contributed by atoms with E-state index in [1.807, 2.05) is 0 Å². The minimum Gasteiger partial charge on any atom is -0.478 e. The van der Waals surface area contributed by atoms with Crippen LogP contribution >= 0.6 is 0 Å². The summed E-state index contributed by atoms with van der Waals surface area (Å²) in [5.74, 6) is -1.15. The van der Waals surface area contributed by atoms with Crippen LogP contribution in [0.15, 0.2) is 24.3 Å². The molecule has 0 atom stereocenters. The van der Waals surface area contributed by atoms with Gasteiger partial charge in [-0.1, -0.05) is 6.07 Å². The van der Waals surface area contributed by atoms with E-state index >= 15 is 0 Å². The lowest BCUT2D eigenvalue weighted by Gasteiger charge is -1.96. The molecule has 1 N–H and O–H groups in total. The Balaban J connectivity index is 3.18. The summed E-state index contributed by atoms with van der Waals surface area (Å²) in [4.78, 5) is 20.1. The van der Waals surface area contributed by atoms with E-state index in [-0.39, 0.29) is 11.3 Å². The van der Waals surface area contributed by atoms with Gasteiger partial charge in [0.2, 0.25) is 0 Å². The predicted octanol–water partition coefficient (Wildman–Crippen LogP) is 1.56. The molecule has 0 saturated carbocycles. The quantitative estimate of drug-likeness (QED) is 0.471. The molecule has 0 aliphatic heterocycles. The Morgan fingerprint density at radius 1 is 1.56 bits per heavy atom. The molecule has 80 valence electrons. The van der Waals surface area contributed by atoms with E-state index in [4.69, 9.17) is 10.4 Å². The van der Waals surface area contributed by atoms with Crippen molar-refractivity contribution >= 4 is 17.7 Å². The number of nitrogens with zero attached hydrogens (tertiary/aromatic N) is 2. The zero-order valence-electron chi connectivity index (χ0n) is 7.95. The Hall–Kier alpha value is -2.68. The lowest BCUT2D eigenvalue weighted by Crippen LogP contribution is -1.93. The monoisotopic (exact) mass is 218 g/mol. The second-order valence-corrected chi connectivity index (χ2v) is 2.82. The van der Waals surface area contributed by atoms with E-state index in [1.54, 1.807) is 6.07 Å². The summed E-state index contributed by atoms with van der Waals surface area (Å²) in [7, 11) is 0. The maximum absolute atomic E-state index is 10.6. The number of rotatable bonds is 3. The van der Waals surface area contributed by atoms with Gasteiger partial charge in [0.1, 0.15) is 11.6 Å². The molecular weight excluding hydrogens is 212 g/mol. The van der Waals surface area contributed by atoms with Crippen LogP contribution in [0.3, 0.4) is 0 Å². The first kappa shape index (κ1) is 11.4. The van der Waals surface area contributed by atoms with E-state index in [0.29, 0.717) is 5.56 Å². The lowest BCUT2D eigenvalue weighted by molar-refractivity contribution is -0.385. The van der Waals surface area contributed by atoms with Crippen molar-refractivity contribution in [3.8, 4) is 6.07 Å². The maximum Gasteiger partial charge on any atom is 0.328 e. The number of hydrogen-bond acceptors (Lipinski definition) is 4. The molecule has 0 saturated heterocycles. The number of nitro benzene ring substituents is 1. The first-order chi connectivity index (χ1) is 7.54. The lowest BCUT2D eigenvalue weighted by atomic mass is 10.1. The van der Waals surface area contributed by atoms with E-state index in [1.165, 1.54) is 18.2 Å². The molecule has 0 heterocycles. The van der Waals surface area contributed by atoms with Gasteiger partial charge in [0.25, 0.3) is 5.69 Å². The van der Waals surface area contributed by atoms with Crippen LogP contribution in [-0.4, -0.2) is 16.0 Å². The molecular formula is C10H6N2O4. The molecule has 0 spiro atoms. The third-order valence-electron chi connectivity index (χ3n) is 1.76. The van der Waals surface area contributed by atoms with Gasteiger partial charge in [-0.25, -0.2) is 4.79 Å². The summed E-state index contributed by atoms with van der Waals surface area (Å²) in [5.41, 5.74) is -0.0411. The van der Waals surface area contributed by atoms with Crippen LogP contribution in [0.5, 0.6) is 0 Å². The van der Waals surface area contributed by atoms with Crippen LogP contribution in [0.25, 0.3) is 6.08 Å². The molecule has 0 aliphatic carbocycles. The summed E-state index contributed by atoms with van der Waals surface area (Å²) < 4.78 is 0. The molecule has 0 fully saturated rings. The molecule has 6 nitrogen and oxygen atoms in total. The molecule has 0 aromatic heterocycles. The Morgan fingerprint density at radius 3 is 2.75 bits per heavy atom. The summed E-state index contributed by atoms with van der Waals surface area (Å²) in [6, 6.07) is 5.55. The topological polar surface area (TPSA) is 104 Å². The van der Waals surface area contributed by atoms with Crippen LogP contribution < -0.4 is 0 Å². The largest absolute Gasteiger partial charge is 0.478 e. The molecule has 0 aliphatic rings. The highest BCUT2D eigenvalue weighted by Gasteiger charge is 2.13. The van der Waals surface area contributed by atoms with E-state index in [9.17, 15) is 14.9 Å². The SMILES string of the molecule is N#Cc1ccc(/C=C/C(=O)O)cc1[N+](=O)[O-]. The molecule has 6 heteroatoms. The molecule has 1 rings (SSSR count). The molecule has 0 radical (unpaired) electrons. The average Bonchev–Trinajstić information content (AvgIpc) is 2.25. The van der Waals surface area contributed by atoms with Crippen LogP contribution in [-0.2, 0) is 4.79 Å². The Bertz CT molecular complexity index is 514. The number of nitro groups is 1. The zero-order valence-corrected chi connectivity index (χ0v) is 7.95. The number of aliphatic carboxylic acids is 1. The third kappa shape index (κ3) is 2.65. The Kier molecular flexibility index (Phi) is 3.35. The van der Waals surface area contributed by atoms with Crippen molar-refractivity contribution in [2.45, 2.75) is 0 Å². The normalized spacial score (nSPS) is 9.94. The predicted molar refractivity (Wildman–Crippen MR) is 54.5 cm³/mol. The summed E-state index contributed by atoms with van der Waals surface area (Å²) in [5, 5.41) is 27.6. The van der Waals surface area contributed by atoms with Crippen molar-refractivity contribution in [2.75, 3.05) is 0 Å². The van der Waals surface area contributed by atoms with Gasteiger partial charge in [-0.15, -0.1) is 0 Å². The summed E-state index contributed by atoms with van der Waals surface area (Å²) >= 11 is 0. The van der Waals surface area contributed by atoms with Gasteiger partial charge in [0.15, 0.2) is 0 Å². The van der Waals surface area contributed by atoms with Crippen LogP contribution in [0, 0.1) is 21.4 Å². The van der Waals surface area contributed by atoms with Crippen molar-refractivity contribution in [1.29, 1.82) is 5.26 Å². The van der Waals surface area contributed by atoms with Crippen LogP contribution in [0.2, 0.25) is 0 Å².